The maximum absolute atomic E-state index is 11.6. The molecule has 0 aliphatic rings. The van der Waals surface area contributed by atoms with Gasteiger partial charge in [0, 0.05) is 17.8 Å². The van der Waals surface area contributed by atoms with Crippen LogP contribution < -0.4 is 11.3 Å². The van der Waals surface area contributed by atoms with E-state index in [-0.39, 0.29) is 12.1 Å². The average Bonchev–Trinajstić information content (AvgIpc) is 2.21. The highest BCUT2D eigenvalue weighted by atomic mass is 16.1. The molecular weight excluding hydrogens is 218 g/mol. The molecule has 0 aliphatic carbocycles. The Hall–Kier alpha value is -2.24. The SMILES string of the molecule is Cc1cnn(Cc2nc(C)cc(N)n2)c(=O)c1. The number of rotatable bonds is 2. The second kappa shape index (κ2) is 4.32. The number of nitrogens with two attached hydrogens (primary N) is 1. The predicted molar refractivity (Wildman–Crippen MR) is 63.5 cm³/mol. The summed E-state index contributed by atoms with van der Waals surface area (Å²) in [6.45, 7) is 3.87. The lowest BCUT2D eigenvalue weighted by atomic mass is 10.3. The molecule has 2 aromatic rings. The number of aromatic nitrogens is 4. The molecule has 0 aromatic carbocycles. The smallest absolute Gasteiger partial charge is 0.267 e. The molecule has 0 saturated heterocycles. The number of hydrogen-bond acceptors (Lipinski definition) is 5. The van der Waals surface area contributed by atoms with Crippen molar-refractivity contribution in [3.63, 3.8) is 0 Å². The van der Waals surface area contributed by atoms with Gasteiger partial charge in [-0.15, -0.1) is 0 Å². The van der Waals surface area contributed by atoms with Gasteiger partial charge in [0.15, 0.2) is 5.82 Å². The summed E-state index contributed by atoms with van der Waals surface area (Å²) in [6, 6.07) is 3.20. The first-order valence-electron chi connectivity index (χ1n) is 5.18. The molecular formula is C11H13N5O. The van der Waals surface area contributed by atoms with Gasteiger partial charge in [-0.05, 0) is 19.4 Å². The van der Waals surface area contributed by atoms with Crippen LogP contribution in [0.5, 0.6) is 0 Å². The molecule has 0 amide bonds. The fourth-order valence-electron chi connectivity index (χ4n) is 1.50. The Morgan fingerprint density at radius 1 is 1.29 bits per heavy atom. The van der Waals surface area contributed by atoms with E-state index in [4.69, 9.17) is 5.73 Å². The molecule has 88 valence electrons. The highest BCUT2D eigenvalue weighted by molar-refractivity contribution is 5.29. The second-order valence-corrected chi connectivity index (χ2v) is 3.88. The van der Waals surface area contributed by atoms with Crippen LogP contribution in [0.2, 0.25) is 0 Å². The molecule has 0 atom stereocenters. The van der Waals surface area contributed by atoms with Crippen LogP contribution in [0.3, 0.4) is 0 Å². The maximum Gasteiger partial charge on any atom is 0.267 e. The third kappa shape index (κ3) is 2.66. The van der Waals surface area contributed by atoms with Crippen LogP contribution in [0.4, 0.5) is 5.82 Å². The van der Waals surface area contributed by atoms with E-state index in [2.05, 4.69) is 15.1 Å². The molecule has 0 spiro atoms. The van der Waals surface area contributed by atoms with Gasteiger partial charge in [0.05, 0.1) is 6.20 Å². The van der Waals surface area contributed by atoms with E-state index in [0.29, 0.717) is 11.6 Å². The fourth-order valence-corrected chi connectivity index (χ4v) is 1.50. The summed E-state index contributed by atoms with van der Waals surface area (Å²) in [4.78, 5) is 19.9. The molecule has 6 nitrogen and oxygen atoms in total. The van der Waals surface area contributed by atoms with Crippen LogP contribution >= 0.6 is 0 Å². The summed E-state index contributed by atoms with van der Waals surface area (Å²) in [6.07, 6.45) is 1.63. The molecule has 0 fully saturated rings. The Labute approximate surface area is 98.1 Å². The van der Waals surface area contributed by atoms with Crippen molar-refractivity contribution in [3.8, 4) is 0 Å². The third-order valence-electron chi connectivity index (χ3n) is 2.22. The lowest BCUT2D eigenvalue weighted by Gasteiger charge is -2.05. The molecule has 6 heteroatoms. The normalized spacial score (nSPS) is 10.5. The Kier molecular flexibility index (Phi) is 2.86. The Balaban J connectivity index is 2.34. The van der Waals surface area contributed by atoms with E-state index in [1.54, 1.807) is 12.3 Å². The Morgan fingerprint density at radius 3 is 2.71 bits per heavy atom. The standard InChI is InChI=1S/C11H13N5O/c1-7-3-11(17)16(13-5-7)6-10-14-8(2)4-9(12)15-10/h3-5H,6H2,1-2H3,(H2,12,14,15). The fraction of sp³-hybridized carbons (Fsp3) is 0.273. The van der Waals surface area contributed by atoms with E-state index < -0.39 is 0 Å². The zero-order chi connectivity index (χ0) is 12.4. The molecule has 2 rings (SSSR count). The molecule has 0 saturated carbocycles. The van der Waals surface area contributed by atoms with Crippen LogP contribution in [0.15, 0.2) is 23.1 Å². The van der Waals surface area contributed by atoms with Gasteiger partial charge in [-0.25, -0.2) is 14.6 Å². The summed E-state index contributed by atoms with van der Waals surface area (Å²) < 4.78 is 1.31. The quantitative estimate of drug-likeness (QED) is 0.802. The minimum atomic E-state index is -0.173. The number of nitrogen functional groups attached to an aromatic ring is 1. The highest BCUT2D eigenvalue weighted by Gasteiger charge is 2.04. The predicted octanol–water partition coefficient (Wildman–Crippen LogP) is 0.281. The van der Waals surface area contributed by atoms with Crippen LogP contribution in [0.1, 0.15) is 17.1 Å². The van der Waals surface area contributed by atoms with Gasteiger partial charge in [-0.2, -0.15) is 5.10 Å². The molecule has 0 unspecified atom stereocenters. The minimum Gasteiger partial charge on any atom is -0.384 e. The average molecular weight is 231 g/mol. The zero-order valence-corrected chi connectivity index (χ0v) is 9.71. The number of hydrogen-bond donors (Lipinski definition) is 1. The summed E-state index contributed by atoms with van der Waals surface area (Å²) in [5.41, 5.74) is 7.04. The van der Waals surface area contributed by atoms with Crippen LogP contribution in [-0.4, -0.2) is 19.7 Å². The van der Waals surface area contributed by atoms with Gasteiger partial charge in [-0.3, -0.25) is 4.79 Å². The minimum absolute atomic E-state index is 0.173. The molecule has 0 bridgehead atoms. The van der Waals surface area contributed by atoms with Crippen LogP contribution in [0.25, 0.3) is 0 Å². The monoisotopic (exact) mass is 231 g/mol. The van der Waals surface area contributed by atoms with Crippen molar-refractivity contribution >= 4 is 5.82 Å². The Bertz CT molecular complexity index is 585. The van der Waals surface area contributed by atoms with Gasteiger partial charge < -0.3 is 5.73 Å². The summed E-state index contributed by atoms with van der Waals surface area (Å²) in [5, 5.41) is 4.02. The number of aryl methyl sites for hydroxylation is 2. The molecule has 0 aliphatic heterocycles. The van der Waals surface area contributed by atoms with Gasteiger partial charge >= 0.3 is 0 Å². The third-order valence-corrected chi connectivity index (χ3v) is 2.22. The topological polar surface area (TPSA) is 86.7 Å². The van der Waals surface area contributed by atoms with Crippen molar-refractivity contribution in [1.29, 1.82) is 0 Å². The number of nitrogens with zero attached hydrogens (tertiary/aromatic N) is 4. The van der Waals surface area contributed by atoms with Crippen LogP contribution in [-0.2, 0) is 6.54 Å². The van der Waals surface area contributed by atoms with E-state index in [0.717, 1.165) is 11.3 Å². The lowest BCUT2D eigenvalue weighted by molar-refractivity contribution is 0.611. The first-order valence-corrected chi connectivity index (χ1v) is 5.18. The van der Waals surface area contributed by atoms with Gasteiger partial charge in [-0.1, -0.05) is 0 Å². The van der Waals surface area contributed by atoms with Gasteiger partial charge in [0.25, 0.3) is 5.56 Å². The van der Waals surface area contributed by atoms with Gasteiger partial charge in [0.2, 0.25) is 0 Å². The summed E-state index contributed by atoms with van der Waals surface area (Å²) in [5.74, 6) is 0.883. The maximum atomic E-state index is 11.6. The van der Waals surface area contributed by atoms with Crippen molar-refractivity contribution in [2.24, 2.45) is 0 Å². The Morgan fingerprint density at radius 2 is 2.06 bits per heavy atom. The van der Waals surface area contributed by atoms with Crippen molar-refractivity contribution in [3.05, 3.63) is 45.8 Å². The molecule has 2 N–H and O–H groups in total. The van der Waals surface area contributed by atoms with Crippen molar-refractivity contribution < 1.29 is 0 Å². The van der Waals surface area contributed by atoms with Gasteiger partial charge in [0.1, 0.15) is 12.4 Å². The lowest BCUT2D eigenvalue weighted by Crippen LogP contribution is -2.24. The van der Waals surface area contributed by atoms with Crippen molar-refractivity contribution in [2.45, 2.75) is 20.4 Å². The first-order chi connectivity index (χ1) is 8.04. The van der Waals surface area contributed by atoms with E-state index in [1.165, 1.54) is 10.7 Å². The van der Waals surface area contributed by atoms with Crippen molar-refractivity contribution in [2.75, 3.05) is 5.73 Å². The highest BCUT2D eigenvalue weighted by Crippen LogP contribution is 2.02. The number of anilines is 1. The molecule has 17 heavy (non-hydrogen) atoms. The summed E-state index contributed by atoms with van der Waals surface area (Å²) in [7, 11) is 0. The molecule has 0 radical (unpaired) electrons. The second-order valence-electron chi connectivity index (χ2n) is 3.88. The van der Waals surface area contributed by atoms with E-state index in [9.17, 15) is 4.79 Å². The molecule has 2 heterocycles. The van der Waals surface area contributed by atoms with E-state index in [1.807, 2.05) is 13.8 Å². The summed E-state index contributed by atoms with van der Waals surface area (Å²) >= 11 is 0. The largest absolute Gasteiger partial charge is 0.384 e. The first kappa shape index (κ1) is 11.3. The van der Waals surface area contributed by atoms with Crippen LogP contribution in [0, 0.1) is 13.8 Å². The molecule has 2 aromatic heterocycles. The van der Waals surface area contributed by atoms with E-state index >= 15 is 0 Å². The van der Waals surface area contributed by atoms with Crippen molar-refractivity contribution in [1.82, 2.24) is 19.7 Å². The zero-order valence-electron chi connectivity index (χ0n) is 9.71.